The fraction of sp³-hybridized carbons (Fsp3) is 0.500. The lowest BCUT2D eigenvalue weighted by Crippen LogP contribution is -2.45. The van der Waals surface area contributed by atoms with Gasteiger partial charge in [-0.25, -0.2) is 8.42 Å². The molecule has 2 heterocycles. The van der Waals surface area contributed by atoms with Crippen LogP contribution in [0.5, 0.6) is 0 Å². The lowest BCUT2D eigenvalue weighted by Gasteiger charge is -2.31. The second-order valence-electron chi connectivity index (χ2n) is 7.93. The van der Waals surface area contributed by atoms with E-state index in [9.17, 15) is 13.2 Å². The number of hydrogen-bond donors (Lipinski definition) is 1. The van der Waals surface area contributed by atoms with Crippen LogP contribution in [0.1, 0.15) is 12.8 Å². The van der Waals surface area contributed by atoms with Gasteiger partial charge < -0.3 is 10.1 Å². The molecule has 2 aliphatic heterocycles. The van der Waals surface area contributed by atoms with Gasteiger partial charge in [-0.05, 0) is 35.7 Å². The van der Waals surface area contributed by atoms with E-state index in [1.54, 1.807) is 12.1 Å². The van der Waals surface area contributed by atoms with Crippen LogP contribution in [0.4, 0.5) is 0 Å². The van der Waals surface area contributed by atoms with Crippen LogP contribution in [0.15, 0.2) is 47.4 Å². The number of benzene rings is 2. The van der Waals surface area contributed by atoms with Gasteiger partial charge in [0.25, 0.3) is 0 Å². The van der Waals surface area contributed by atoms with Crippen LogP contribution in [0.2, 0.25) is 0 Å². The Morgan fingerprint density at radius 2 is 1.70 bits per heavy atom. The Bertz CT molecular complexity index is 981. The highest BCUT2D eigenvalue weighted by Gasteiger charge is 2.32. The number of hydrogen-bond acceptors (Lipinski definition) is 5. The van der Waals surface area contributed by atoms with Crippen LogP contribution >= 0.6 is 0 Å². The molecule has 0 unspecified atom stereocenters. The first-order chi connectivity index (χ1) is 14.5. The van der Waals surface area contributed by atoms with E-state index >= 15 is 0 Å². The van der Waals surface area contributed by atoms with Gasteiger partial charge in [0.15, 0.2) is 0 Å². The van der Waals surface area contributed by atoms with Gasteiger partial charge in [-0.2, -0.15) is 4.31 Å². The largest absolute Gasteiger partial charge is 0.379 e. The molecule has 30 heavy (non-hydrogen) atoms. The normalized spacial score (nSPS) is 19.7. The number of carbonyl (C=O) groups is 1. The highest BCUT2D eigenvalue weighted by atomic mass is 32.2. The van der Waals surface area contributed by atoms with E-state index in [0.29, 0.717) is 37.4 Å². The molecule has 2 fully saturated rings. The number of piperidine rings is 1. The van der Waals surface area contributed by atoms with Crippen LogP contribution in [0.3, 0.4) is 0 Å². The predicted octanol–water partition coefficient (Wildman–Crippen LogP) is 1.69. The average Bonchev–Trinajstić information content (AvgIpc) is 2.79. The Labute approximate surface area is 178 Å². The van der Waals surface area contributed by atoms with E-state index in [2.05, 4.69) is 10.2 Å². The summed E-state index contributed by atoms with van der Waals surface area (Å²) in [4.78, 5) is 15.1. The zero-order chi connectivity index (χ0) is 21.0. The molecule has 0 saturated carbocycles. The lowest BCUT2D eigenvalue weighted by molar-refractivity contribution is -0.126. The van der Waals surface area contributed by atoms with Crippen molar-refractivity contribution in [2.45, 2.75) is 17.7 Å². The van der Waals surface area contributed by atoms with Crippen molar-refractivity contribution in [2.24, 2.45) is 5.92 Å². The number of sulfonamides is 1. The molecule has 2 aromatic carbocycles. The molecule has 2 saturated heterocycles. The maximum atomic E-state index is 13.1. The number of carbonyl (C=O) groups excluding carboxylic acids is 1. The van der Waals surface area contributed by atoms with Crippen LogP contribution in [0, 0.1) is 5.92 Å². The van der Waals surface area contributed by atoms with Crippen molar-refractivity contribution in [1.82, 2.24) is 14.5 Å². The minimum atomic E-state index is -3.55. The highest BCUT2D eigenvalue weighted by molar-refractivity contribution is 7.89. The van der Waals surface area contributed by atoms with Crippen molar-refractivity contribution in [3.05, 3.63) is 42.5 Å². The summed E-state index contributed by atoms with van der Waals surface area (Å²) in [5.41, 5.74) is 0. The SMILES string of the molecule is O=C(NCCN1CCOCC1)C1CCN(S(=O)(=O)c2ccc3ccccc3c2)CC1. The molecule has 8 heteroatoms. The minimum Gasteiger partial charge on any atom is -0.379 e. The van der Waals surface area contributed by atoms with Gasteiger partial charge in [0.05, 0.1) is 18.1 Å². The number of rotatable bonds is 6. The van der Waals surface area contributed by atoms with Crippen LogP contribution in [-0.2, 0) is 19.6 Å². The van der Waals surface area contributed by atoms with E-state index in [1.807, 2.05) is 30.3 Å². The van der Waals surface area contributed by atoms with Gasteiger partial charge in [-0.1, -0.05) is 30.3 Å². The van der Waals surface area contributed by atoms with Gasteiger partial charge in [0.1, 0.15) is 0 Å². The first-order valence-corrected chi connectivity index (χ1v) is 12.0. The maximum Gasteiger partial charge on any atom is 0.243 e. The quantitative estimate of drug-likeness (QED) is 0.753. The summed E-state index contributed by atoms with van der Waals surface area (Å²) in [5, 5.41) is 4.94. The monoisotopic (exact) mass is 431 g/mol. The molecule has 2 aromatic rings. The zero-order valence-electron chi connectivity index (χ0n) is 17.1. The smallest absolute Gasteiger partial charge is 0.243 e. The van der Waals surface area contributed by atoms with E-state index in [-0.39, 0.29) is 11.8 Å². The second-order valence-corrected chi connectivity index (χ2v) is 9.87. The first-order valence-electron chi connectivity index (χ1n) is 10.6. The third kappa shape index (κ3) is 4.83. The van der Waals surface area contributed by atoms with Crippen molar-refractivity contribution in [2.75, 3.05) is 52.5 Å². The molecular weight excluding hydrogens is 402 g/mol. The number of nitrogens with zero attached hydrogens (tertiary/aromatic N) is 2. The number of ether oxygens (including phenoxy) is 1. The summed E-state index contributed by atoms with van der Waals surface area (Å²) in [6.07, 6.45) is 1.10. The number of fused-ring (bicyclic) bond motifs is 1. The Balaban J connectivity index is 1.30. The number of morpholine rings is 1. The predicted molar refractivity (Wildman–Crippen MR) is 116 cm³/mol. The molecule has 0 aliphatic carbocycles. The van der Waals surface area contributed by atoms with Crippen molar-refractivity contribution in [3.63, 3.8) is 0 Å². The van der Waals surface area contributed by atoms with Gasteiger partial charge in [0, 0.05) is 45.2 Å². The molecule has 0 spiro atoms. The number of amides is 1. The van der Waals surface area contributed by atoms with Crippen molar-refractivity contribution in [3.8, 4) is 0 Å². The molecule has 7 nitrogen and oxygen atoms in total. The highest BCUT2D eigenvalue weighted by Crippen LogP contribution is 2.26. The second kappa shape index (κ2) is 9.43. The van der Waals surface area contributed by atoms with Gasteiger partial charge >= 0.3 is 0 Å². The fourth-order valence-electron chi connectivity index (χ4n) is 4.14. The van der Waals surface area contributed by atoms with Gasteiger partial charge in [0.2, 0.25) is 15.9 Å². The van der Waals surface area contributed by atoms with E-state index in [4.69, 9.17) is 4.74 Å². The molecule has 162 valence electrons. The topological polar surface area (TPSA) is 79.0 Å². The van der Waals surface area contributed by atoms with Crippen molar-refractivity contribution in [1.29, 1.82) is 0 Å². The Hall–Kier alpha value is -2.00. The first kappa shape index (κ1) is 21.2. The standard InChI is InChI=1S/C22H29N3O4S/c26-22(23-9-12-24-13-15-29-16-14-24)19-7-10-25(11-8-19)30(27,28)21-6-5-18-3-1-2-4-20(18)17-21/h1-6,17,19H,7-16H2,(H,23,26). The Morgan fingerprint density at radius 3 is 2.43 bits per heavy atom. The Kier molecular flexibility index (Phi) is 6.67. The summed E-state index contributed by atoms with van der Waals surface area (Å²) in [7, 11) is -3.55. The molecule has 2 aliphatic rings. The molecule has 0 bridgehead atoms. The molecule has 0 atom stereocenters. The zero-order valence-corrected chi connectivity index (χ0v) is 17.9. The molecule has 4 rings (SSSR count). The van der Waals surface area contributed by atoms with Crippen molar-refractivity contribution >= 4 is 26.7 Å². The van der Waals surface area contributed by atoms with Crippen LogP contribution in [0.25, 0.3) is 10.8 Å². The average molecular weight is 432 g/mol. The molecule has 1 N–H and O–H groups in total. The maximum absolute atomic E-state index is 13.1. The molecule has 1 amide bonds. The summed E-state index contributed by atoms with van der Waals surface area (Å²) in [6, 6.07) is 13.0. The third-order valence-electron chi connectivity index (χ3n) is 6.01. The summed E-state index contributed by atoms with van der Waals surface area (Å²) < 4.78 is 33.0. The molecular formula is C22H29N3O4S. The summed E-state index contributed by atoms with van der Waals surface area (Å²) in [6.45, 7) is 5.49. The van der Waals surface area contributed by atoms with Crippen molar-refractivity contribution < 1.29 is 17.9 Å². The summed E-state index contributed by atoms with van der Waals surface area (Å²) >= 11 is 0. The van der Waals surface area contributed by atoms with E-state index < -0.39 is 10.0 Å². The molecule has 0 aromatic heterocycles. The molecule has 0 radical (unpaired) electrons. The van der Waals surface area contributed by atoms with Gasteiger partial charge in [-0.3, -0.25) is 9.69 Å². The van der Waals surface area contributed by atoms with E-state index in [0.717, 1.165) is 43.6 Å². The van der Waals surface area contributed by atoms with Crippen LogP contribution in [-0.4, -0.2) is 76.0 Å². The lowest BCUT2D eigenvalue weighted by atomic mass is 9.97. The van der Waals surface area contributed by atoms with E-state index in [1.165, 1.54) is 4.31 Å². The summed E-state index contributed by atoms with van der Waals surface area (Å²) in [5.74, 6) is -0.0937. The number of nitrogens with one attached hydrogen (secondary N) is 1. The Morgan fingerprint density at radius 1 is 1.00 bits per heavy atom. The fourth-order valence-corrected chi connectivity index (χ4v) is 5.65. The third-order valence-corrected chi connectivity index (χ3v) is 7.91. The van der Waals surface area contributed by atoms with Crippen LogP contribution < -0.4 is 5.32 Å². The van der Waals surface area contributed by atoms with Gasteiger partial charge in [-0.15, -0.1) is 0 Å². The minimum absolute atomic E-state index is 0.0333.